The lowest BCUT2D eigenvalue weighted by Gasteiger charge is -2.15. The Morgan fingerprint density at radius 2 is 1.54 bits per heavy atom. The monoisotopic (exact) mass is 540 g/mol. The summed E-state index contributed by atoms with van der Waals surface area (Å²) in [4.78, 5) is 12.6. The van der Waals surface area contributed by atoms with E-state index in [1.807, 2.05) is 28.8 Å². The summed E-state index contributed by atoms with van der Waals surface area (Å²) in [5.41, 5.74) is 2.13. The van der Waals surface area contributed by atoms with Crippen molar-refractivity contribution >= 4 is 35.0 Å². The Labute approximate surface area is 223 Å². The fourth-order valence-corrected chi connectivity index (χ4v) is 4.46. The minimum Gasteiger partial charge on any atom is -0.497 e. The highest BCUT2D eigenvalue weighted by atomic mass is 35.5. The summed E-state index contributed by atoms with van der Waals surface area (Å²) in [7, 11) is 6.26. The van der Waals surface area contributed by atoms with Crippen molar-refractivity contribution in [3.05, 3.63) is 65.7 Å². The van der Waals surface area contributed by atoms with Gasteiger partial charge in [0, 0.05) is 22.0 Å². The molecule has 37 heavy (non-hydrogen) atoms. The lowest BCUT2D eigenvalue weighted by atomic mass is 10.1. The molecule has 0 saturated heterocycles. The average Bonchev–Trinajstić information content (AvgIpc) is 3.36. The van der Waals surface area contributed by atoms with E-state index in [4.69, 9.17) is 30.5 Å². The van der Waals surface area contributed by atoms with Gasteiger partial charge in [-0.3, -0.25) is 9.36 Å². The molecule has 3 aromatic carbocycles. The van der Waals surface area contributed by atoms with E-state index >= 15 is 0 Å². The van der Waals surface area contributed by atoms with Crippen LogP contribution in [-0.2, 0) is 4.79 Å². The van der Waals surface area contributed by atoms with E-state index < -0.39 is 0 Å². The highest BCUT2D eigenvalue weighted by molar-refractivity contribution is 7.99. The molecule has 1 N–H and O–H groups in total. The van der Waals surface area contributed by atoms with E-state index in [0.29, 0.717) is 50.3 Å². The first-order valence-electron chi connectivity index (χ1n) is 11.1. The van der Waals surface area contributed by atoms with Crippen molar-refractivity contribution in [1.82, 2.24) is 14.8 Å². The van der Waals surface area contributed by atoms with Crippen LogP contribution in [0.4, 0.5) is 5.69 Å². The standard InChI is InChI=1S/C26H25ClN4O5S/c1-33-20-11-9-19(10-12-20)31-25(16-13-21(34-2)24(36-4)22(14-16)35-3)29-30-26(31)37-15-23(32)28-18-7-5-17(27)6-8-18/h5-14H,15H2,1-4H3,(H,28,32). The molecule has 0 fully saturated rings. The average molecular weight is 541 g/mol. The van der Waals surface area contributed by atoms with Crippen LogP contribution in [0.3, 0.4) is 0 Å². The second kappa shape index (κ2) is 11.9. The van der Waals surface area contributed by atoms with Gasteiger partial charge in [-0.05, 0) is 60.7 Å². The number of amides is 1. The van der Waals surface area contributed by atoms with Crippen LogP contribution < -0.4 is 24.3 Å². The van der Waals surface area contributed by atoms with Gasteiger partial charge in [0.2, 0.25) is 11.7 Å². The molecule has 0 unspecified atom stereocenters. The second-order valence-electron chi connectivity index (χ2n) is 7.60. The van der Waals surface area contributed by atoms with E-state index in [-0.39, 0.29) is 11.7 Å². The van der Waals surface area contributed by atoms with E-state index in [9.17, 15) is 4.79 Å². The first-order valence-corrected chi connectivity index (χ1v) is 12.4. The maximum atomic E-state index is 12.6. The number of ether oxygens (including phenoxy) is 4. The number of rotatable bonds is 10. The third kappa shape index (κ3) is 5.92. The molecule has 1 amide bonds. The van der Waals surface area contributed by atoms with Gasteiger partial charge in [-0.2, -0.15) is 0 Å². The molecular formula is C26H25ClN4O5S. The van der Waals surface area contributed by atoms with Crippen molar-refractivity contribution in [3.63, 3.8) is 0 Å². The highest BCUT2D eigenvalue weighted by Gasteiger charge is 2.21. The third-order valence-corrected chi connectivity index (χ3v) is 6.53. The van der Waals surface area contributed by atoms with Crippen molar-refractivity contribution in [2.24, 2.45) is 0 Å². The minimum absolute atomic E-state index is 0.117. The van der Waals surface area contributed by atoms with Crippen molar-refractivity contribution in [1.29, 1.82) is 0 Å². The van der Waals surface area contributed by atoms with Crippen LogP contribution >= 0.6 is 23.4 Å². The molecule has 4 aromatic rings. The Bertz CT molecular complexity index is 1350. The molecule has 0 aliphatic heterocycles. The Hall–Kier alpha value is -3.89. The summed E-state index contributed by atoms with van der Waals surface area (Å²) in [6.07, 6.45) is 0. The Morgan fingerprint density at radius 1 is 0.892 bits per heavy atom. The van der Waals surface area contributed by atoms with E-state index in [2.05, 4.69) is 15.5 Å². The molecule has 11 heteroatoms. The number of carbonyl (C=O) groups is 1. The molecule has 0 spiro atoms. The quantitative estimate of drug-likeness (QED) is 0.269. The van der Waals surface area contributed by atoms with Crippen LogP contribution in [0.15, 0.2) is 65.8 Å². The van der Waals surface area contributed by atoms with Crippen LogP contribution in [0.25, 0.3) is 17.1 Å². The van der Waals surface area contributed by atoms with Crippen LogP contribution in [0, 0.1) is 0 Å². The summed E-state index contributed by atoms with van der Waals surface area (Å²) < 4.78 is 23.7. The summed E-state index contributed by atoms with van der Waals surface area (Å²) in [5, 5.41) is 12.8. The molecule has 0 aliphatic carbocycles. The van der Waals surface area contributed by atoms with Crippen LogP contribution in [0.1, 0.15) is 0 Å². The molecule has 192 valence electrons. The van der Waals surface area contributed by atoms with Crippen LogP contribution in [-0.4, -0.2) is 54.9 Å². The van der Waals surface area contributed by atoms with Gasteiger partial charge in [-0.15, -0.1) is 10.2 Å². The summed E-state index contributed by atoms with van der Waals surface area (Å²) in [6.45, 7) is 0. The maximum Gasteiger partial charge on any atom is 0.234 e. The van der Waals surface area contributed by atoms with E-state index in [0.717, 1.165) is 5.69 Å². The Morgan fingerprint density at radius 3 is 2.11 bits per heavy atom. The van der Waals surface area contributed by atoms with Crippen molar-refractivity contribution in [2.75, 3.05) is 39.5 Å². The molecule has 0 saturated carbocycles. The lowest BCUT2D eigenvalue weighted by molar-refractivity contribution is -0.113. The SMILES string of the molecule is COc1ccc(-n2c(SCC(=O)Nc3ccc(Cl)cc3)nnc2-c2cc(OC)c(OC)c(OC)c2)cc1. The van der Waals surface area contributed by atoms with Gasteiger partial charge in [0.05, 0.1) is 34.2 Å². The molecule has 1 heterocycles. The van der Waals surface area contributed by atoms with Gasteiger partial charge in [0.15, 0.2) is 22.5 Å². The van der Waals surface area contributed by atoms with Gasteiger partial charge in [0.1, 0.15) is 5.75 Å². The topological polar surface area (TPSA) is 96.7 Å². The molecule has 9 nitrogen and oxygen atoms in total. The predicted molar refractivity (Wildman–Crippen MR) is 144 cm³/mol. The summed E-state index contributed by atoms with van der Waals surface area (Å²) >= 11 is 7.18. The minimum atomic E-state index is -0.189. The molecule has 0 radical (unpaired) electrons. The highest BCUT2D eigenvalue weighted by Crippen LogP contribution is 2.41. The maximum absolute atomic E-state index is 12.6. The number of nitrogens with zero attached hydrogens (tertiary/aromatic N) is 3. The number of nitrogens with one attached hydrogen (secondary N) is 1. The van der Waals surface area contributed by atoms with Gasteiger partial charge in [-0.25, -0.2) is 0 Å². The smallest absolute Gasteiger partial charge is 0.234 e. The number of carbonyl (C=O) groups excluding carboxylic acids is 1. The van der Waals surface area contributed by atoms with Crippen molar-refractivity contribution in [3.8, 4) is 40.1 Å². The van der Waals surface area contributed by atoms with Gasteiger partial charge < -0.3 is 24.3 Å². The largest absolute Gasteiger partial charge is 0.497 e. The molecule has 0 bridgehead atoms. The first-order chi connectivity index (χ1) is 18.0. The van der Waals surface area contributed by atoms with Crippen molar-refractivity contribution in [2.45, 2.75) is 5.16 Å². The predicted octanol–water partition coefficient (Wildman–Crippen LogP) is 5.35. The molecule has 4 rings (SSSR count). The number of thioether (sulfide) groups is 1. The fraction of sp³-hybridized carbons (Fsp3) is 0.192. The van der Waals surface area contributed by atoms with Gasteiger partial charge in [-0.1, -0.05) is 23.4 Å². The lowest BCUT2D eigenvalue weighted by Crippen LogP contribution is -2.14. The number of methoxy groups -OCH3 is 4. The number of hydrogen-bond donors (Lipinski definition) is 1. The Kier molecular flexibility index (Phi) is 8.42. The zero-order chi connectivity index (χ0) is 26.4. The van der Waals surface area contributed by atoms with E-state index in [1.165, 1.54) is 11.8 Å². The number of benzene rings is 3. The number of anilines is 1. The normalized spacial score (nSPS) is 10.6. The third-order valence-electron chi connectivity index (χ3n) is 5.35. The fourth-order valence-electron chi connectivity index (χ4n) is 3.59. The second-order valence-corrected chi connectivity index (χ2v) is 8.98. The summed E-state index contributed by atoms with van der Waals surface area (Å²) in [6, 6.07) is 18.0. The molecular weight excluding hydrogens is 516 g/mol. The molecule has 0 aliphatic rings. The van der Waals surface area contributed by atoms with Gasteiger partial charge in [0.25, 0.3) is 0 Å². The molecule has 0 atom stereocenters. The Balaban J connectivity index is 1.70. The van der Waals surface area contributed by atoms with Gasteiger partial charge >= 0.3 is 0 Å². The van der Waals surface area contributed by atoms with Crippen LogP contribution in [0.5, 0.6) is 23.0 Å². The number of hydrogen-bond acceptors (Lipinski definition) is 8. The molecule has 1 aromatic heterocycles. The first kappa shape index (κ1) is 26.2. The summed E-state index contributed by atoms with van der Waals surface area (Å²) in [5.74, 6) is 2.61. The van der Waals surface area contributed by atoms with E-state index in [1.54, 1.807) is 64.8 Å². The number of halogens is 1. The zero-order valence-corrected chi connectivity index (χ0v) is 22.2. The number of aromatic nitrogens is 3. The zero-order valence-electron chi connectivity index (χ0n) is 20.6. The van der Waals surface area contributed by atoms with Crippen LogP contribution in [0.2, 0.25) is 5.02 Å². The van der Waals surface area contributed by atoms with Crippen molar-refractivity contribution < 1.29 is 23.7 Å².